The van der Waals surface area contributed by atoms with Crippen LogP contribution in [0.3, 0.4) is 0 Å². The first-order valence-electron chi connectivity index (χ1n) is 10.2. The van der Waals surface area contributed by atoms with Gasteiger partial charge in [-0.1, -0.05) is 54.6 Å². The molecule has 32 heavy (non-hydrogen) atoms. The van der Waals surface area contributed by atoms with E-state index >= 15 is 0 Å². The average molecular weight is 442 g/mol. The van der Waals surface area contributed by atoms with Gasteiger partial charge in [-0.3, -0.25) is 9.36 Å². The fraction of sp³-hybridized carbons (Fsp3) is 0.0385. The van der Waals surface area contributed by atoms with Crippen LogP contribution in [0, 0.1) is 6.92 Å². The second-order valence-corrected chi connectivity index (χ2v) is 8.71. The molecule has 4 rings (SSSR count). The van der Waals surface area contributed by atoms with Gasteiger partial charge >= 0.3 is 0 Å². The Labute approximate surface area is 187 Å². The standard InChI is InChI=1S/C26H23N2O3P/c1-18-16-21(13-15-25(18)31-32(30)22-10-6-3-7-11-22)26(29)28-24-17-20(12-14-23(24)27)19-8-4-2-5-9-19/h2-17,32H,27H2,1H3,(H,28,29). The number of nitrogens with one attached hydrogen (secondary N) is 1. The molecule has 0 spiro atoms. The summed E-state index contributed by atoms with van der Waals surface area (Å²) < 4.78 is 18.1. The van der Waals surface area contributed by atoms with Gasteiger partial charge in [0, 0.05) is 10.9 Å². The molecule has 160 valence electrons. The van der Waals surface area contributed by atoms with Crippen LogP contribution in [0.2, 0.25) is 0 Å². The Bertz CT molecular complexity index is 1280. The van der Waals surface area contributed by atoms with Gasteiger partial charge < -0.3 is 15.6 Å². The Kier molecular flexibility index (Phi) is 6.39. The Morgan fingerprint density at radius 2 is 1.53 bits per heavy atom. The van der Waals surface area contributed by atoms with Gasteiger partial charge in [0.2, 0.25) is 0 Å². The molecule has 0 aromatic heterocycles. The third-order valence-corrected chi connectivity index (χ3v) is 6.27. The molecule has 1 amide bonds. The van der Waals surface area contributed by atoms with Gasteiger partial charge in [-0.15, -0.1) is 0 Å². The van der Waals surface area contributed by atoms with Crippen molar-refractivity contribution >= 4 is 30.6 Å². The number of aryl methyl sites for hydroxylation is 1. The van der Waals surface area contributed by atoms with E-state index in [0.29, 0.717) is 28.0 Å². The van der Waals surface area contributed by atoms with E-state index < -0.39 is 8.03 Å². The number of amides is 1. The van der Waals surface area contributed by atoms with E-state index in [2.05, 4.69) is 5.32 Å². The number of hydrogen-bond acceptors (Lipinski definition) is 4. The summed E-state index contributed by atoms with van der Waals surface area (Å²) in [5, 5.41) is 3.54. The second-order valence-electron chi connectivity index (χ2n) is 7.36. The first kappa shape index (κ1) is 21.4. The first-order chi connectivity index (χ1) is 15.5. The smallest absolute Gasteiger partial charge is 0.265 e. The monoisotopic (exact) mass is 442 g/mol. The summed E-state index contributed by atoms with van der Waals surface area (Å²) >= 11 is 0. The molecular weight excluding hydrogens is 419 g/mol. The van der Waals surface area contributed by atoms with Crippen LogP contribution in [0.4, 0.5) is 11.4 Å². The van der Waals surface area contributed by atoms with Crippen LogP contribution in [0.25, 0.3) is 11.1 Å². The molecule has 4 aromatic rings. The zero-order valence-corrected chi connectivity index (χ0v) is 18.5. The van der Waals surface area contributed by atoms with Crippen LogP contribution in [0.1, 0.15) is 15.9 Å². The Balaban J connectivity index is 1.51. The summed E-state index contributed by atoms with van der Waals surface area (Å²) in [6, 6.07) is 29.5. The summed E-state index contributed by atoms with van der Waals surface area (Å²) in [7, 11) is -2.43. The average Bonchev–Trinajstić information content (AvgIpc) is 2.82. The maximum atomic E-state index is 12.9. The first-order valence-corrected chi connectivity index (χ1v) is 11.5. The van der Waals surface area contributed by atoms with Gasteiger partial charge in [0.1, 0.15) is 5.75 Å². The number of benzene rings is 4. The van der Waals surface area contributed by atoms with Crippen molar-refractivity contribution in [3.8, 4) is 16.9 Å². The SMILES string of the molecule is Cc1cc(C(=O)Nc2cc(-c3ccccc3)ccc2N)ccc1O[PH](=O)c1ccccc1. The Morgan fingerprint density at radius 1 is 0.844 bits per heavy atom. The van der Waals surface area contributed by atoms with E-state index in [1.807, 2.05) is 67.6 Å². The lowest BCUT2D eigenvalue weighted by Crippen LogP contribution is -2.13. The van der Waals surface area contributed by atoms with Gasteiger partial charge in [-0.05, 0) is 66.1 Å². The van der Waals surface area contributed by atoms with Crippen molar-refractivity contribution < 1.29 is 13.9 Å². The van der Waals surface area contributed by atoms with Gasteiger partial charge in [-0.25, -0.2) is 0 Å². The molecule has 3 N–H and O–H groups in total. The van der Waals surface area contributed by atoms with Crippen LogP contribution in [0.5, 0.6) is 5.75 Å². The van der Waals surface area contributed by atoms with Gasteiger partial charge in [0.05, 0.1) is 11.4 Å². The molecule has 0 saturated heterocycles. The molecule has 0 radical (unpaired) electrons. The molecule has 1 unspecified atom stereocenters. The van der Waals surface area contributed by atoms with Crippen molar-refractivity contribution in [2.75, 3.05) is 11.1 Å². The van der Waals surface area contributed by atoms with E-state index in [-0.39, 0.29) is 5.91 Å². The van der Waals surface area contributed by atoms with Crippen LogP contribution in [0.15, 0.2) is 97.1 Å². The minimum Gasteiger partial charge on any atom is -0.441 e. The van der Waals surface area contributed by atoms with Gasteiger partial charge in [0.15, 0.2) is 0 Å². The maximum absolute atomic E-state index is 12.9. The van der Waals surface area contributed by atoms with Crippen molar-refractivity contribution in [1.82, 2.24) is 0 Å². The molecule has 0 saturated carbocycles. The topological polar surface area (TPSA) is 81.4 Å². The lowest BCUT2D eigenvalue weighted by molar-refractivity contribution is 0.102. The highest BCUT2D eigenvalue weighted by atomic mass is 31.1. The van der Waals surface area contributed by atoms with E-state index in [4.69, 9.17) is 10.3 Å². The van der Waals surface area contributed by atoms with E-state index in [1.54, 1.807) is 36.4 Å². The zero-order chi connectivity index (χ0) is 22.5. The van der Waals surface area contributed by atoms with Crippen molar-refractivity contribution in [2.45, 2.75) is 6.92 Å². The minimum atomic E-state index is -2.43. The Morgan fingerprint density at radius 3 is 2.22 bits per heavy atom. The lowest BCUT2D eigenvalue weighted by atomic mass is 10.0. The molecule has 6 heteroatoms. The molecule has 4 aromatic carbocycles. The molecule has 0 aliphatic rings. The predicted octanol–water partition coefficient (Wildman–Crippen LogP) is 5.68. The van der Waals surface area contributed by atoms with Gasteiger partial charge in [0.25, 0.3) is 13.9 Å². The van der Waals surface area contributed by atoms with Gasteiger partial charge in [-0.2, -0.15) is 0 Å². The minimum absolute atomic E-state index is 0.285. The normalized spacial score (nSPS) is 11.5. The van der Waals surface area contributed by atoms with Crippen LogP contribution in [-0.2, 0) is 4.57 Å². The highest BCUT2D eigenvalue weighted by Crippen LogP contribution is 2.31. The number of carbonyl (C=O) groups is 1. The number of carbonyl (C=O) groups excluding carboxylic acids is 1. The summed E-state index contributed by atoms with van der Waals surface area (Å²) in [6.07, 6.45) is 0. The number of rotatable bonds is 6. The fourth-order valence-corrected chi connectivity index (χ4v) is 4.32. The highest BCUT2D eigenvalue weighted by molar-refractivity contribution is 7.48. The lowest BCUT2D eigenvalue weighted by Gasteiger charge is -2.13. The number of anilines is 2. The van der Waals surface area contributed by atoms with E-state index in [0.717, 1.165) is 16.7 Å². The zero-order valence-electron chi connectivity index (χ0n) is 17.5. The molecular formula is C26H23N2O3P. The van der Waals surface area contributed by atoms with E-state index in [1.165, 1.54) is 0 Å². The number of nitrogen functional groups attached to an aromatic ring is 1. The third kappa shape index (κ3) is 4.90. The summed E-state index contributed by atoms with van der Waals surface area (Å²) in [5.41, 5.74) is 10.3. The van der Waals surface area contributed by atoms with Crippen LogP contribution in [-0.4, -0.2) is 5.91 Å². The number of nitrogens with two attached hydrogens (primary N) is 1. The van der Waals surface area contributed by atoms with E-state index in [9.17, 15) is 9.36 Å². The molecule has 5 nitrogen and oxygen atoms in total. The summed E-state index contributed by atoms with van der Waals surface area (Å²) in [6.45, 7) is 1.82. The van der Waals surface area contributed by atoms with Crippen LogP contribution >= 0.6 is 8.03 Å². The largest absolute Gasteiger partial charge is 0.441 e. The van der Waals surface area contributed by atoms with Crippen molar-refractivity contribution in [2.24, 2.45) is 0 Å². The molecule has 1 atom stereocenters. The third-order valence-electron chi connectivity index (χ3n) is 5.06. The summed E-state index contributed by atoms with van der Waals surface area (Å²) in [4.78, 5) is 12.9. The van der Waals surface area contributed by atoms with Crippen molar-refractivity contribution in [3.63, 3.8) is 0 Å². The fourth-order valence-electron chi connectivity index (χ4n) is 3.31. The predicted molar refractivity (Wildman–Crippen MR) is 131 cm³/mol. The Hall–Kier alpha value is -3.82. The number of hydrogen-bond donors (Lipinski definition) is 2. The highest BCUT2D eigenvalue weighted by Gasteiger charge is 2.13. The molecule has 0 heterocycles. The summed E-state index contributed by atoms with van der Waals surface area (Å²) in [5.74, 6) is 0.201. The van der Waals surface area contributed by atoms with Crippen molar-refractivity contribution in [3.05, 3.63) is 108 Å². The van der Waals surface area contributed by atoms with Crippen LogP contribution < -0.4 is 20.9 Å². The maximum Gasteiger partial charge on any atom is 0.265 e. The molecule has 0 aliphatic heterocycles. The second kappa shape index (κ2) is 9.54. The quantitative estimate of drug-likeness (QED) is 0.298. The van der Waals surface area contributed by atoms with Crippen molar-refractivity contribution in [1.29, 1.82) is 0 Å². The molecule has 0 bridgehead atoms. The molecule has 0 aliphatic carbocycles. The molecule has 0 fully saturated rings.